The lowest BCUT2D eigenvalue weighted by molar-refractivity contribution is -0.156. The summed E-state index contributed by atoms with van der Waals surface area (Å²) in [7, 11) is 3.35. The zero-order valence-corrected chi connectivity index (χ0v) is 24.7. The first kappa shape index (κ1) is 28.1. The van der Waals surface area contributed by atoms with Gasteiger partial charge in [0.25, 0.3) is 5.88 Å². The third-order valence-corrected chi connectivity index (χ3v) is 8.78. The highest BCUT2D eigenvalue weighted by Gasteiger charge is 2.43. The molecule has 0 aliphatic heterocycles. The Kier molecular flexibility index (Phi) is 7.89. The van der Waals surface area contributed by atoms with Crippen molar-refractivity contribution in [1.82, 2.24) is 14.8 Å². The Balaban J connectivity index is 1.51. The number of carboxylic acids is 1. The number of pyridine rings is 1. The molecule has 2 aromatic heterocycles. The summed E-state index contributed by atoms with van der Waals surface area (Å²) in [6, 6.07) is 7.80. The van der Waals surface area contributed by atoms with Crippen LogP contribution in [0.25, 0.3) is 11.0 Å². The van der Waals surface area contributed by atoms with Crippen LogP contribution in [0.1, 0.15) is 62.5 Å². The fraction of sp³-hybridized carbons (Fsp3) is 0.467. The van der Waals surface area contributed by atoms with Gasteiger partial charge in [-0.05, 0) is 99.6 Å². The SMILES string of the molecule is CC#CC(=O)N(c1ccc2c(n1)c(OC1CCC(COC)(C(=O)O)CC1)nn2C)c1cc(C)c(Br)cc1C1CC1. The summed E-state index contributed by atoms with van der Waals surface area (Å²) in [6.07, 6.45) is 3.98. The molecule has 1 N–H and O–H groups in total. The Morgan fingerprint density at radius 3 is 2.58 bits per heavy atom. The van der Waals surface area contributed by atoms with Crippen LogP contribution in [0.5, 0.6) is 5.88 Å². The standard InChI is InChI=1S/C30H33BrN4O5/c1-5-6-26(36)35(24-15-18(2)22(31)16-21(24)19-7-8-19)25-10-9-23-27(32-25)28(33-34(23)3)40-20-11-13-30(14-12-20,17-39-4)29(37)38/h9-10,15-16,19-20H,7-8,11-14,17H2,1-4H3,(H,37,38). The maximum atomic E-state index is 13.4. The van der Waals surface area contributed by atoms with Crippen molar-refractivity contribution in [3.63, 3.8) is 0 Å². The summed E-state index contributed by atoms with van der Waals surface area (Å²) in [5, 5.41) is 14.4. The number of carbonyl (C=O) groups excluding carboxylic acids is 1. The predicted octanol–water partition coefficient (Wildman–Crippen LogP) is 5.64. The zero-order valence-electron chi connectivity index (χ0n) is 23.2. The number of carboxylic acid groups (broad SMARTS) is 1. The highest BCUT2D eigenvalue weighted by Crippen LogP contribution is 2.47. The van der Waals surface area contributed by atoms with Crippen LogP contribution in [0.2, 0.25) is 0 Å². The minimum Gasteiger partial charge on any atom is -0.481 e. The van der Waals surface area contributed by atoms with E-state index in [0.29, 0.717) is 48.8 Å². The second-order valence-corrected chi connectivity index (χ2v) is 11.6. The molecule has 2 aliphatic carbocycles. The van der Waals surface area contributed by atoms with E-state index in [1.807, 2.05) is 32.2 Å². The molecule has 2 fully saturated rings. The number of nitrogens with zero attached hydrogens (tertiary/aromatic N) is 4. The van der Waals surface area contributed by atoms with Gasteiger partial charge in [0.15, 0.2) is 5.52 Å². The van der Waals surface area contributed by atoms with Gasteiger partial charge >= 0.3 is 11.9 Å². The van der Waals surface area contributed by atoms with Crippen molar-refractivity contribution in [2.24, 2.45) is 12.5 Å². The molecule has 210 valence electrons. The van der Waals surface area contributed by atoms with Gasteiger partial charge in [0.1, 0.15) is 11.9 Å². The van der Waals surface area contributed by atoms with Gasteiger partial charge in [-0.3, -0.25) is 19.2 Å². The fourth-order valence-corrected chi connectivity index (χ4v) is 5.87. The number of benzene rings is 1. The highest BCUT2D eigenvalue weighted by molar-refractivity contribution is 9.10. The number of hydrogen-bond acceptors (Lipinski definition) is 6. The third kappa shape index (κ3) is 5.32. The summed E-state index contributed by atoms with van der Waals surface area (Å²) >= 11 is 3.65. The summed E-state index contributed by atoms with van der Waals surface area (Å²) < 4.78 is 14.3. The number of carbonyl (C=O) groups is 2. The zero-order chi connectivity index (χ0) is 28.6. The average molecular weight is 610 g/mol. The summed E-state index contributed by atoms with van der Waals surface area (Å²) in [5.74, 6) is 5.43. The van der Waals surface area contributed by atoms with Crippen LogP contribution in [0.15, 0.2) is 28.7 Å². The van der Waals surface area contributed by atoms with Gasteiger partial charge < -0.3 is 14.6 Å². The number of fused-ring (bicyclic) bond motifs is 1. The van der Waals surface area contributed by atoms with Crippen LogP contribution >= 0.6 is 15.9 Å². The Hall–Kier alpha value is -3.42. The van der Waals surface area contributed by atoms with E-state index in [1.165, 1.54) is 7.11 Å². The molecule has 1 amide bonds. The molecular formula is C30H33BrN4O5. The second kappa shape index (κ2) is 11.2. The maximum Gasteiger partial charge on any atom is 0.311 e. The third-order valence-electron chi connectivity index (χ3n) is 7.92. The Morgan fingerprint density at radius 2 is 1.95 bits per heavy atom. The topological polar surface area (TPSA) is 107 Å². The summed E-state index contributed by atoms with van der Waals surface area (Å²) in [6.45, 7) is 3.82. The molecule has 0 unspecified atom stereocenters. The lowest BCUT2D eigenvalue weighted by Gasteiger charge is -2.35. The Labute approximate surface area is 242 Å². The van der Waals surface area contributed by atoms with Crippen molar-refractivity contribution in [3.8, 4) is 17.7 Å². The molecule has 5 rings (SSSR count). The van der Waals surface area contributed by atoms with E-state index >= 15 is 0 Å². The molecule has 0 radical (unpaired) electrons. The molecule has 3 aromatic rings. The van der Waals surface area contributed by atoms with Crippen LogP contribution in [0.4, 0.5) is 11.5 Å². The molecule has 10 heteroatoms. The first-order chi connectivity index (χ1) is 19.2. The molecule has 40 heavy (non-hydrogen) atoms. The van der Waals surface area contributed by atoms with Crippen LogP contribution in [0.3, 0.4) is 0 Å². The monoisotopic (exact) mass is 608 g/mol. The van der Waals surface area contributed by atoms with Gasteiger partial charge in [-0.15, -0.1) is 5.10 Å². The van der Waals surface area contributed by atoms with Crippen molar-refractivity contribution in [2.75, 3.05) is 18.6 Å². The fourth-order valence-electron chi connectivity index (χ4n) is 5.51. The van der Waals surface area contributed by atoms with Crippen molar-refractivity contribution in [3.05, 3.63) is 39.9 Å². The lowest BCUT2D eigenvalue weighted by Crippen LogP contribution is -2.41. The number of anilines is 2. The number of amides is 1. The van der Waals surface area contributed by atoms with E-state index in [1.54, 1.807) is 16.5 Å². The molecule has 0 atom stereocenters. The number of rotatable bonds is 8. The van der Waals surface area contributed by atoms with Crippen LogP contribution in [-0.4, -0.2) is 51.6 Å². The molecule has 1 aromatic carbocycles. The quantitative estimate of drug-likeness (QED) is 0.330. The molecule has 0 saturated heterocycles. The van der Waals surface area contributed by atoms with Crippen LogP contribution in [-0.2, 0) is 21.4 Å². The van der Waals surface area contributed by atoms with E-state index in [0.717, 1.165) is 39.6 Å². The first-order valence-corrected chi connectivity index (χ1v) is 14.3. The van der Waals surface area contributed by atoms with Gasteiger partial charge in [0, 0.05) is 18.6 Å². The molecule has 0 bridgehead atoms. The van der Waals surface area contributed by atoms with Gasteiger partial charge in [-0.25, -0.2) is 4.98 Å². The van der Waals surface area contributed by atoms with Crippen LogP contribution in [0, 0.1) is 24.2 Å². The number of methoxy groups -OCH3 is 1. The summed E-state index contributed by atoms with van der Waals surface area (Å²) in [5.41, 5.74) is 3.29. The van der Waals surface area contributed by atoms with E-state index in [2.05, 4.69) is 38.9 Å². The number of hydrogen-bond donors (Lipinski definition) is 1. The Bertz CT molecular complexity index is 1530. The number of halogens is 1. The van der Waals surface area contributed by atoms with E-state index < -0.39 is 11.4 Å². The predicted molar refractivity (Wildman–Crippen MR) is 155 cm³/mol. The largest absolute Gasteiger partial charge is 0.481 e. The smallest absolute Gasteiger partial charge is 0.311 e. The Morgan fingerprint density at radius 1 is 1.23 bits per heavy atom. The van der Waals surface area contributed by atoms with E-state index in [9.17, 15) is 14.7 Å². The molecular weight excluding hydrogens is 576 g/mol. The lowest BCUT2D eigenvalue weighted by atomic mass is 9.73. The molecule has 2 aliphatic rings. The van der Waals surface area contributed by atoms with Crippen molar-refractivity contribution in [1.29, 1.82) is 0 Å². The van der Waals surface area contributed by atoms with Gasteiger partial charge in [-0.2, -0.15) is 0 Å². The van der Waals surface area contributed by atoms with Gasteiger partial charge in [-0.1, -0.05) is 21.9 Å². The molecule has 2 saturated carbocycles. The minimum atomic E-state index is -0.893. The molecule has 9 nitrogen and oxygen atoms in total. The normalized spacial score (nSPS) is 20.6. The van der Waals surface area contributed by atoms with Gasteiger partial charge in [0.2, 0.25) is 0 Å². The second-order valence-electron chi connectivity index (χ2n) is 10.8. The molecule has 2 heterocycles. The van der Waals surface area contributed by atoms with E-state index in [4.69, 9.17) is 14.5 Å². The van der Waals surface area contributed by atoms with E-state index in [-0.39, 0.29) is 18.6 Å². The number of aromatic nitrogens is 3. The minimum absolute atomic E-state index is 0.176. The number of aryl methyl sites for hydroxylation is 2. The summed E-state index contributed by atoms with van der Waals surface area (Å²) in [4.78, 5) is 31.9. The van der Waals surface area contributed by atoms with Crippen molar-refractivity contribution < 1.29 is 24.2 Å². The van der Waals surface area contributed by atoms with Gasteiger partial charge in [0.05, 0.1) is 23.2 Å². The van der Waals surface area contributed by atoms with Crippen molar-refractivity contribution >= 4 is 50.3 Å². The average Bonchev–Trinajstić information content (AvgIpc) is 3.72. The van der Waals surface area contributed by atoms with Crippen molar-refractivity contribution in [2.45, 2.75) is 64.4 Å². The maximum absolute atomic E-state index is 13.4. The number of ether oxygens (including phenoxy) is 2. The first-order valence-electron chi connectivity index (χ1n) is 13.5. The number of aliphatic carboxylic acids is 1. The van der Waals surface area contributed by atoms with Crippen LogP contribution < -0.4 is 9.64 Å². The highest BCUT2D eigenvalue weighted by atomic mass is 79.9. The molecule has 0 spiro atoms.